The fourth-order valence-electron chi connectivity index (χ4n) is 1.62. The number of halogens is 1. The number of carboxylic acid groups (broad SMARTS) is 1. The van der Waals surface area contributed by atoms with E-state index in [0.717, 1.165) is 9.32 Å². The Morgan fingerprint density at radius 3 is 2.45 bits per heavy atom. The van der Waals surface area contributed by atoms with Gasteiger partial charge in [-0.15, -0.1) is 0 Å². The second-order valence-corrected chi connectivity index (χ2v) is 5.20. The lowest BCUT2D eigenvalue weighted by molar-refractivity contribution is 0.0691. The topological polar surface area (TPSA) is 55.8 Å². The van der Waals surface area contributed by atoms with Crippen LogP contribution in [0.3, 0.4) is 0 Å². The van der Waals surface area contributed by atoms with E-state index in [1.54, 1.807) is 18.2 Å². The van der Waals surface area contributed by atoms with Gasteiger partial charge in [-0.05, 0) is 52.9 Å². The molecule has 0 saturated heterocycles. The summed E-state index contributed by atoms with van der Waals surface area (Å²) >= 11 is 2.06. The molecule has 0 aliphatic heterocycles. The summed E-state index contributed by atoms with van der Waals surface area (Å²) in [6.45, 7) is 0.644. The summed E-state index contributed by atoms with van der Waals surface area (Å²) in [5.74, 6) is 0.120. The third-order valence-corrected chi connectivity index (χ3v) is 3.20. The standard InChI is InChI=1S/C15H13IO4/c16-11-6-7-14(13(10-11)15(17)18)20-9-8-19-12-4-2-1-3-5-12/h1-7,10H,8-9H2,(H,17,18). The number of aromatic carboxylic acids is 1. The van der Waals surface area contributed by atoms with E-state index < -0.39 is 5.97 Å². The summed E-state index contributed by atoms with van der Waals surface area (Å²) in [4.78, 5) is 11.1. The summed E-state index contributed by atoms with van der Waals surface area (Å²) in [6, 6.07) is 14.4. The second kappa shape index (κ2) is 7.14. The highest BCUT2D eigenvalue weighted by atomic mass is 127. The summed E-state index contributed by atoms with van der Waals surface area (Å²) in [5.41, 5.74) is 0.164. The molecule has 4 nitrogen and oxygen atoms in total. The van der Waals surface area contributed by atoms with Crippen molar-refractivity contribution in [1.82, 2.24) is 0 Å². The molecule has 0 heterocycles. The van der Waals surface area contributed by atoms with E-state index in [9.17, 15) is 4.79 Å². The van der Waals surface area contributed by atoms with Gasteiger partial charge in [-0.1, -0.05) is 18.2 Å². The van der Waals surface area contributed by atoms with Gasteiger partial charge >= 0.3 is 5.97 Å². The zero-order valence-electron chi connectivity index (χ0n) is 10.6. The molecule has 1 N–H and O–H groups in total. The third kappa shape index (κ3) is 4.12. The van der Waals surface area contributed by atoms with Crippen LogP contribution in [0.25, 0.3) is 0 Å². The molecule has 0 fully saturated rings. The minimum absolute atomic E-state index is 0.164. The van der Waals surface area contributed by atoms with Crippen molar-refractivity contribution in [1.29, 1.82) is 0 Å². The SMILES string of the molecule is O=C(O)c1cc(I)ccc1OCCOc1ccccc1. The summed E-state index contributed by atoms with van der Waals surface area (Å²) < 4.78 is 11.8. The number of para-hydroxylation sites is 1. The van der Waals surface area contributed by atoms with E-state index in [0.29, 0.717) is 12.4 Å². The smallest absolute Gasteiger partial charge is 0.339 e. The van der Waals surface area contributed by atoms with Gasteiger partial charge in [-0.3, -0.25) is 0 Å². The molecule has 5 heteroatoms. The molecule has 2 aromatic rings. The predicted octanol–water partition coefficient (Wildman–Crippen LogP) is 3.45. The number of benzene rings is 2. The van der Waals surface area contributed by atoms with Crippen LogP contribution in [0.4, 0.5) is 0 Å². The van der Waals surface area contributed by atoms with Gasteiger partial charge < -0.3 is 14.6 Å². The van der Waals surface area contributed by atoms with Gasteiger partial charge in [0.15, 0.2) is 0 Å². The molecule has 0 amide bonds. The van der Waals surface area contributed by atoms with Gasteiger partial charge in [0, 0.05) is 3.57 Å². The van der Waals surface area contributed by atoms with Crippen LogP contribution in [0.5, 0.6) is 11.5 Å². The quantitative estimate of drug-likeness (QED) is 0.613. The number of carbonyl (C=O) groups is 1. The number of hydrogen-bond donors (Lipinski definition) is 1. The van der Waals surface area contributed by atoms with Crippen molar-refractivity contribution in [2.75, 3.05) is 13.2 Å². The minimum Gasteiger partial charge on any atom is -0.490 e. The molecule has 0 aliphatic carbocycles. The Morgan fingerprint density at radius 1 is 1.05 bits per heavy atom. The first kappa shape index (κ1) is 14.6. The Balaban J connectivity index is 1.90. The van der Waals surface area contributed by atoms with Crippen LogP contribution in [0.1, 0.15) is 10.4 Å². The number of rotatable bonds is 6. The van der Waals surface area contributed by atoms with Gasteiger partial charge in [0.2, 0.25) is 0 Å². The number of ether oxygens (including phenoxy) is 2. The Kier molecular flexibility index (Phi) is 5.23. The lowest BCUT2D eigenvalue weighted by atomic mass is 10.2. The van der Waals surface area contributed by atoms with Gasteiger partial charge in [0.25, 0.3) is 0 Å². The van der Waals surface area contributed by atoms with E-state index >= 15 is 0 Å². The molecule has 0 unspecified atom stereocenters. The molecule has 20 heavy (non-hydrogen) atoms. The molecule has 0 spiro atoms. The Morgan fingerprint density at radius 2 is 1.75 bits per heavy atom. The zero-order chi connectivity index (χ0) is 14.4. The van der Waals surface area contributed by atoms with Crippen molar-refractivity contribution in [3.05, 3.63) is 57.7 Å². The van der Waals surface area contributed by atoms with Crippen LogP contribution in [0, 0.1) is 3.57 Å². The van der Waals surface area contributed by atoms with Crippen LogP contribution in [-0.4, -0.2) is 24.3 Å². The fourth-order valence-corrected chi connectivity index (χ4v) is 2.11. The first-order valence-corrected chi connectivity index (χ1v) is 7.08. The highest BCUT2D eigenvalue weighted by Crippen LogP contribution is 2.21. The molecule has 0 aromatic heterocycles. The lowest BCUT2D eigenvalue weighted by Gasteiger charge is -2.10. The summed E-state index contributed by atoms with van der Waals surface area (Å²) in [7, 11) is 0. The van der Waals surface area contributed by atoms with Crippen LogP contribution >= 0.6 is 22.6 Å². The molecule has 0 aliphatic rings. The highest BCUT2D eigenvalue weighted by molar-refractivity contribution is 14.1. The maximum absolute atomic E-state index is 11.1. The molecule has 0 radical (unpaired) electrons. The van der Waals surface area contributed by atoms with Crippen LogP contribution in [-0.2, 0) is 0 Å². The van der Waals surface area contributed by atoms with E-state index in [2.05, 4.69) is 22.6 Å². The van der Waals surface area contributed by atoms with Crippen molar-refractivity contribution < 1.29 is 19.4 Å². The average molecular weight is 384 g/mol. The van der Waals surface area contributed by atoms with E-state index in [-0.39, 0.29) is 12.2 Å². The van der Waals surface area contributed by atoms with Crippen molar-refractivity contribution in [2.45, 2.75) is 0 Å². The molecular formula is C15H13IO4. The summed E-state index contributed by atoms with van der Waals surface area (Å²) in [5, 5.41) is 9.11. The van der Waals surface area contributed by atoms with Crippen LogP contribution < -0.4 is 9.47 Å². The number of hydrogen-bond acceptors (Lipinski definition) is 3. The van der Waals surface area contributed by atoms with Crippen molar-refractivity contribution in [2.24, 2.45) is 0 Å². The molecule has 104 valence electrons. The van der Waals surface area contributed by atoms with Crippen molar-refractivity contribution in [3.63, 3.8) is 0 Å². The average Bonchev–Trinajstić information content (AvgIpc) is 2.45. The minimum atomic E-state index is -0.998. The van der Waals surface area contributed by atoms with Gasteiger partial charge in [0.05, 0.1) is 0 Å². The van der Waals surface area contributed by atoms with Gasteiger partial charge in [-0.2, -0.15) is 0 Å². The Bertz CT molecular complexity index is 584. The maximum Gasteiger partial charge on any atom is 0.339 e. The van der Waals surface area contributed by atoms with Gasteiger partial charge in [0.1, 0.15) is 30.3 Å². The maximum atomic E-state index is 11.1. The first-order valence-electron chi connectivity index (χ1n) is 6.00. The monoisotopic (exact) mass is 384 g/mol. The predicted molar refractivity (Wildman–Crippen MR) is 83.6 cm³/mol. The molecular weight excluding hydrogens is 371 g/mol. The molecule has 2 aromatic carbocycles. The molecule has 0 saturated carbocycles. The van der Waals surface area contributed by atoms with Crippen molar-refractivity contribution in [3.8, 4) is 11.5 Å². The molecule has 2 rings (SSSR count). The Hall–Kier alpha value is -1.76. The largest absolute Gasteiger partial charge is 0.490 e. The van der Waals surface area contributed by atoms with E-state index in [4.69, 9.17) is 14.6 Å². The molecule has 0 bridgehead atoms. The third-order valence-electron chi connectivity index (χ3n) is 2.52. The second-order valence-electron chi connectivity index (χ2n) is 3.96. The summed E-state index contributed by atoms with van der Waals surface area (Å²) in [6.07, 6.45) is 0. The first-order chi connectivity index (χ1) is 9.66. The van der Waals surface area contributed by atoms with Crippen LogP contribution in [0.15, 0.2) is 48.5 Å². The van der Waals surface area contributed by atoms with Crippen LogP contribution in [0.2, 0.25) is 0 Å². The highest BCUT2D eigenvalue weighted by Gasteiger charge is 2.11. The Labute approximate surface area is 130 Å². The van der Waals surface area contributed by atoms with E-state index in [1.165, 1.54) is 0 Å². The fraction of sp³-hybridized carbons (Fsp3) is 0.133. The zero-order valence-corrected chi connectivity index (χ0v) is 12.7. The molecule has 0 atom stereocenters. The number of carboxylic acids is 1. The van der Waals surface area contributed by atoms with Crippen molar-refractivity contribution >= 4 is 28.6 Å². The van der Waals surface area contributed by atoms with Gasteiger partial charge in [-0.25, -0.2) is 4.79 Å². The lowest BCUT2D eigenvalue weighted by Crippen LogP contribution is -2.11. The normalized spacial score (nSPS) is 10.1. The van der Waals surface area contributed by atoms with E-state index in [1.807, 2.05) is 30.3 Å².